The largest absolute Gasteiger partial charge is 0.352 e. The van der Waals surface area contributed by atoms with Crippen molar-refractivity contribution in [2.45, 2.75) is 6.92 Å². The molecule has 2 N–H and O–H groups in total. The summed E-state index contributed by atoms with van der Waals surface area (Å²) in [5.41, 5.74) is 3.04. The van der Waals surface area contributed by atoms with Gasteiger partial charge in [-0.2, -0.15) is 0 Å². The predicted octanol–water partition coefficient (Wildman–Crippen LogP) is 4.99. The number of benzene rings is 1. The molecule has 2 aromatic heterocycles. The number of rotatable bonds is 3. The molecular formula is C16H11Cl3N4O. The summed E-state index contributed by atoms with van der Waals surface area (Å²) in [5, 5.41) is 3.49. The number of carbonyl (C=O) groups excluding carboxylic acids is 1. The third-order valence-electron chi connectivity index (χ3n) is 3.35. The van der Waals surface area contributed by atoms with Crippen LogP contribution in [-0.4, -0.2) is 20.9 Å². The number of aromatic nitrogens is 3. The number of nitrogens with one attached hydrogen (secondary N) is 2. The fraction of sp³-hybridized carbons (Fsp3) is 0.0625. The Morgan fingerprint density at radius 3 is 2.38 bits per heavy atom. The average Bonchev–Trinajstić information content (AvgIpc) is 2.83. The molecule has 0 unspecified atom stereocenters. The van der Waals surface area contributed by atoms with Crippen molar-refractivity contribution in [2.24, 2.45) is 0 Å². The maximum absolute atomic E-state index is 12.3. The lowest BCUT2D eigenvalue weighted by atomic mass is 10.1. The number of aryl methyl sites for hydroxylation is 1. The van der Waals surface area contributed by atoms with Gasteiger partial charge in [0.2, 0.25) is 5.28 Å². The number of halogens is 3. The standard InChI is InChI=1S/C16H11Cl3N4O/c1-8-12(17)13(18)14(21-8)15(24)22-10-4-2-9(3-5-10)11-6-7-20-16(19)23-11/h2-7,21H,1H3,(H,22,24). The highest BCUT2D eigenvalue weighted by molar-refractivity contribution is 6.44. The topological polar surface area (TPSA) is 70.7 Å². The van der Waals surface area contributed by atoms with Crippen LogP contribution in [0.15, 0.2) is 36.5 Å². The van der Waals surface area contributed by atoms with Crippen LogP contribution in [0.1, 0.15) is 16.2 Å². The van der Waals surface area contributed by atoms with Crippen LogP contribution in [0.25, 0.3) is 11.3 Å². The Balaban J connectivity index is 1.79. The first kappa shape index (κ1) is 16.8. The monoisotopic (exact) mass is 380 g/mol. The summed E-state index contributed by atoms with van der Waals surface area (Å²) in [5.74, 6) is -0.368. The maximum Gasteiger partial charge on any atom is 0.273 e. The van der Waals surface area contributed by atoms with E-state index in [9.17, 15) is 4.79 Å². The van der Waals surface area contributed by atoms with Gasteiger partial charge < -0.3 is 10.3 Å². The van der Waals surface area contributed by atoms with E-state index in [-0.39, 0.29) is 21.9 Å². The van der Waals surface area contributed by atoms with Crippen molar-refractivity contribution >= 4 is 46.4 Å². The molecule has 1 aromatic carbocycles. The van der Waals surface area contributed by atoms with Crippen LogP contribution in [0.5, 0.6) is 0 Å². The molecule has 0 saturated carbocycles. The zero-order chi connectivity index (χ0) is 17.3. The van der Waals surface area contributed by atoms with Gasteiger partial charge in [0, 0.05) is 23.1 Å². The Labute approximate surface area is 153 Å². The molecule has 0 spiro atoms. The fourth-order valence-electron chi connectivity index (χ4n) is 2.14. The maximum atomic E-state index is 12.3. The van der Waals surface area contributed by atoms with Crippen molar-refractivity contribution < 1.29 is 4.79 Å². The summed E-state index contributed by atoms with van der Waals surface area (Å²) in [7, 11) is 0. The van der Waals surface area contributed by atoms with Gasteiger partial charge in [0.05, 0.1) is 15.7 Å². The summed E-state index contributed by atoms with van der Waals surface area (Å²) < 4.78 is 0. The molecule has 0 aliphatic carbocycles. The zero-order valence-electron chi connectivity index (χ0n) is 12.4. The SMILES string of the molecule is Cc1[nH]c(C(=O)Nc2ccc(-c3ccnc(Cl)n3)cc2)c(Cl)c1Cl. The van der Waals surface area contributed by atoms with Gasteiger partial charge in [0.15, 0.2) is 0 Å². The molecule has 0 aliphatic heterocycles. The van der Waals surface area contributed by atoms with Crippen LogP contribution >= 0.6 is 34.8 Å². The Morgan fingerprint density at radius 2 is 1.79 bits per heavy atom. The molecule has 3 rings (SSSR count). The van der Waals surface area contributed by atoms with Crippen molar-refractivity contribution in [3.8, 4) is 11.3 Å². The molecule has 1 amide bonds. The van der Waals surface area contributed by atoms with E-state index in [0.29, 0.717) is 22.1 Å². The van der Waals surface area contributed by atoms with Crippen LogP contribution in [0.3, 0.4) is 0 Å². The van der Waals surface area contributed by atoms with Gasteiger partial charge >= 0.3 is 0 Å². The van der Waals surface area contributed by atoms with E-state index >= 15 is 0 Å². The van der Waals surface area contributed by atoms with Crippen LogP contribution in [0, 0.1) is 6.92 Å². The molecular weight excluding hydrogens is 371 g/mol. The number of hydrogen-bond donors (Lipinski definition) is 2. The van der Waals surface area contributed by atoms with Gasteiger partial charge in [0.1, 0.15) is 5.69 Å². The molecule has 0 fully saturated rings. The Morgan fingerprint density at radius 1 is 1.08 bits per heavy atom. The van der Waals surface area contributed by atoms with Crippen molar-refractivity contribution in [1.82, 2.24) is 15.0 Å². The summed E-state index contributed by atoms with van der Waals surface area (Å²) in [6.07, 6.45) is 1.58. The number of H-pyrrole nitrogens is 1. The number of nitrogens with zero attached hydrogens (tertiary/aromatic N) is 2. The van der Waals surface area contributed by atoms with Crippen LogP contribution in [0.4, 0.5) is 5.69 Å². The minimum atomic E-state index is -0.368. The highest BCUT2D eigenvalue weighted by Crippen LogP contribution is 2.29. The number of aromatic amines is 1. The van der Waals surface area contributed by atoms with Crippen LogP contribution in [-0.2, 0) is 0 Å². The Kier molecular flexibility index (Phi) is 4.76. The Hall–Kier alpha value is -2.08. The molecule has 5 nitrogen and oxygen atoms in total. The lowest BCUT2D eigenvalue weighted by molar-refractivity contribution is 0.102. The van der Waals surface area contributed by atoms with E-state index in [0.717, 1.165) is 5.56 Å². The lowest BCUT2D eigenvalue weighted by Gasteiger charge is -2.06. The van der Waals surface area contributed by atoms with Crippen LogP contribution < -0.4 is 5.32 Å². The second-order valence-electron chi connectivity index (χ2n) is 5.00. The molecule has 0 bridgehead atoms. The third-order valence-corrected chi connectivity index (χ3v) is 4.47. The van der Waals surface area contributed by atoms with Crippen molar-refractivity contribution in [3.63, 3.8) is 0 Å². The van der Waals surface area contributed by atoms with E-state index in [4.69, 9.17) is 34.8 Å². The highest BCUT2D eigenvalue weighted by Gasteiger charge is 2.18. The first-order valence-electron chi connectivity index (χ1n) is 6.89. The number of hydrogen-bond acceptors (Lipinski definition) is 3. The minimum Gasteiger partial charge on any atom is -0.352 e. The van der Waals surface area contributed by atoms with E-state index in [1.165, 1.54) is 0 Å². The predicted molar refractivity (Wildman–Crippen MR) is 96.0 cm³/mol. The second kappa shape index (κ2) is 6.81. The lowest BCUT2D eigenvalue weighted by Crippen LogP contribution is -2.12. The Bertz CT molecular complexity index is 906. The van der Waals surface area contributed by atoms with Crippen LogP contribution in [0.2, 0.25) is 15.3 Å². The summed E-state index contributed by atoms with van der Waals surface area (Å²) in [6.45, 7) is 1.74. The van der Waals surface area contributed by atoms with Gasteiger partial charge in [-0.15, -0.1) is 0 Å². The molecule has 0 radical (unpaired) electrons. The number of carbonyl (C=O) groups is 1. The molecule has 0 saturated heterocycles. The summed E-state index contributed by atoms with van der Waals surface area (Å²) in [4.78, 5) is 23.1. The number of anilines is 1. The molecule has 24 heavy (non-hydrogen) atoms. The van der Waals surface area contributed by atoms with Gasteiger partial charge in [-0.25, -0.2) is 9.97 Å². The molecule has 0 atom stereocenters. The van der Waals surface area contributed by atoms with Gasteiger partial charge in [-0.05, 0) is 36.7 Å². The summed E-state index contributed by atoms with van der Waals surface area (Å²) in [6, 6.07) is 8.91. The molecule has 0 aliphatic rings. The fourth-order valence-corrected chi connectivity index (χ4v) is 2.71. The second-order valence-corrected chi connectivity index (χ2v) is 6.09. The molecule has 8 heteroatoms. The van der Waals surface area contributed by atoms with Gasteiger partial charge in [0.25, 0.3) is 5.91 Å². The van der Waals surface area contributed by atoms with Gasteiger partial charge in [-0.1, -0.05) is 35.3 Å². The van der Waals surface area contributed by atoms with E-state index in [2.05, 4.69) is 20.3 Å². The molecule has 3 aromatic rings. The third kappa shape index (κ3) is 3.38. The van der Waals surface area contributed by atoms with Crippen molar-refractivity contribution in [3.05, 3.63) is 63.2 Å². The van der Waals surface area contributed by atoms with Gasteiger partial charge in [-0.3, -0.25) is 4.79 Å². The average molecular weight is 382 g/mol. The minimum absolute atomic E-state index is 0.179. The first-order valence-corrected chi connectivity index (χ1v) is 8.03. The summed E-state index contributed by atoms with van der Waals surface area (Å²) >= 11 is 17.8. The highest BCUT2D eigenvalue weighted by atomic mass is 35.5. The van der Waals surface area contributed by atoms with Crippen molar-refractivity contribution in [1.29, 1.82) is 0 Å². The molecule has 2 heterocycles. The van der Waals surface area contributed by atoms with E-state index < -0.39 is 0 Å². The quantitative estimate of drug-likeness (QED) is 0.628. The van der Waals surface area contributed by atoms with E-state index in [1.54, 1.807) is 31.3 Å². The molecule has 122 valence electrons. The smallest absolute Gasteiger partial charge is 0.273 e. The normalized spacial score (nSPS) is 10.7. The number of amides is 1. The van der Waals surface area contributed by atoms with E-state index in [1.807, 2.05) is 12.1 Å². The first-order chi connectivity index (χ1) is 11.5. The van der Waals surface area contributed by atoms with Crippen molar-refractivity contribution in [2.75, 3.05) is 5.32 Å². The zero-order valence-corrected chi connectivity index (χ0v) is 14.7.